The van der Waals surface area contributed by atoms with Gasteiger partial charge in [-0.05, 0) is 29.5 Å². The Labute approximate surface area is 101 Å². The lowest BCUT2D eigenvalue weighted by Crippen LogP contribution is -1.83. The molecule has 0 amide bonds. The molecule has 0 saturated heterocycles. The number of benzene rings is 1. The van der Waals surface area contributed by atoms with Gasteiger partial charge >= 0.3 is 0 Å². The summed E-state index contributed by atoms with van der Waals surface area (Å²) in [4.78, 5) is 10.5. The molecule has 2 aromatic rings. The quantitative estimate of drug-likeness (QED) is 0.632. The number of rotatable bonds is 2. The number of aryl methyl sites for hydroxylation is 1. The standard InChI is InChI=1S/C11H8INO2/c1-7-10(12)11(13-15-7)9-4-2-8(6-14)3-5-9/h2-6H,1H3. The van der Waals surface area contributed by atoms with E-state index in [1.807, 2.05) is 19.1 Å². The predicted molar refractivity (Wildman–Crippen MR) is 64.8 cm³/mol. The van der Waals surface area contributed by atoms with Gasteiger partial charge in [0.05, 0.1) is 3.57 Å². The van der Waals surface area contributed by atoms with Gasteiger partial charge in [0.1, 0.15) is 17.7 Å². The topological polar surface area (TPSA) is 43.1 Å². The van der Waals surface area contributed by atoms with Gasteiger partial charge in [-0.2, -0.15) is 0 Å². The fraction of sp³-hybridized carbons (Fsp3) is 0.0909. The van der Waals surface area contributed by atoms with E-state index in [2.05, 4.69) is 27.7 Å². The molecule has 0 bridgehead atoms. The molecule has 76 valence electrons. The van der Waals surface area contributed by atoms with E-state index in [1.165, 1.54) is 0 Å². The third-order valence-corrected chi connectivity index (χ3v) is 3.38. The highest BCUT2D eigenvalue weighted by Crippen LogP contribution is 2.26. The van der Waals surface area contributed by atoms with Crippen molar-refractivity contribution in [3.05, 3.63) is 39.2 Å². The Morgan fingerprint density at radius 1 is 1.33 bits per heavy atom. The minimum Gasteiger partial charge on any atom is -0.360 e. The lowest BCUT2D eigenvalue weighted by molar-refractivity contribution is 0.112. The summed E-state index contributed by atoms with van der Waals surface area (Å²) in [5.41, 5.74) is 2.45. The third-order valence-electron chi connectivity index (χ3n) is 2.11. The van der Waals surface area contributed by atoms with Gasteiger partial charge in [0.25, 0.3) is 0 Å². The highest BCUT2D eigenvalue weighted by Gasteiger charge is 2.11. The average molecular weight is 313 g/mol. The van der Waals surface area contributed by atoms with E-state index in [1.54, 1.807) is 12.1 Å². The summed E-state index contributed by atoms with van der Waals surface area (Å²) in [5, 5.41) is 3.97. The van der Waals surface area contributed by atoms with E-state index in [0.29, 0.717) is 5.56 Å². The summed E-state index contributed by atoms with van der Waals surface area (Å²) in [6, 6.07) is 7.26. The molecule has 1 aromatic heterocycles. The molecule has 0 atom stereocenters. The highest BCUT2D eigenvalue weighted by atomic mass is 127. The van der Waals surface area contributed by atoms with Crippen molar-refractivity contribution in [2.45, 2.75) is 6.92 Å². The molecular weight excluding hydrogens is 305 g/mol. The SMILES string of the molecule is Cc1onc(-c2ccc(C=O)cc2)c1I. The number of hydrogen-bond donors (Lipinski definition) is 0. The molecule has 1 heterocycles. The zero-order chi connectivity index (χ0) is 10.8. The third kappa shape index (κ3) is 1.94. The van der Waals surface area contributed by atoms with Gasteiger partial charge in [-0.1, -0.05) is 29.4 Å². The van der Waals surface area contributed by atoms with Crippen LogP contribution in [0, 0.1) is 10.5 Å². The monoisotopic (exact) mass is 313 g/mol. The zero-order valence-electron chi connectivity index (χ0n) is 8.03. The van der Waals surface area contributed by atoms with Gasteiger partial charge < -0.3 is 4.52 Å². The fourth-order valence-corrected chi connectivity index (χ4v) is 1.77. The van der Waals surface area contributed by atoms with Crippen molar-refractivity contribution in [1.82, 2.24) is 5.16 Å². The van der Waals surface area contributed by atoms with Crippen LogP contribution in [0.1, 0.15) is 16.1 Å². The molecule has 0 N–H and O–H groups in total. The van der Waals surface area contributed by atoms with Crippen LogP contribution in [-0.2, 0) is 0 Å². The Bertz CT molecular complexity index is 488. The van der Waals surface area contributed by atoms with Crippen LogP contribution in [0.3, 0.4) is 0 Å². The first-order chi connectivity index (χ1) is 7.22. The number of aromatic nitrogens is 1. The minimum absolute atomic E-state index is 0.661. The van der Waals surface area contributed by atoms with Crippen molar-refractivity contribution in [3.63, 3.8) is 0 Å². The predicted octanol–water partition coefficient (Wildman–Crippen LogP) is 3.07. The Morgan fingerprint density at radius 3 is 2.47 bits per heavy atom. The van der Waals surface area contributed by atoms with Crippen LogP contribution in [0.5, 0.6) is 0 Å². The van der Waals surface area contributed by atoms with Crippen molar-refractivity contribution in [2.24, 2.45) is 0 Å². The van der Waals surface area contributed by atoms with Crippen molar-refractivity contribution < 1.29 is 9.32 Å². The fourth-order valence-electron chi connectivity index (χ4n) is 1.26. The second-order valence-electron chi connectivity index (χ2n) is 3.14. The summed E-state index contributed by atoms with van der Waals surface area (Å²) in [6.07, 6.45) is 0.822. The molecule has 15 heavy (non-hydrogen) atoms. The van der Waals surface area contributed by atoms with Gasteiger partial charge in [-0.15, -0.1) is 0 Å². The average Bonchev–Trinajstić information content (AvgIpc) is 2.60. The van der Waals surface area contributed by atoms with E-state index in [9.17, 15) is 4.79 Å². The molecule has 0 aliphatic carbocycles. The van der Waals surface area contributed by atoms with Crippen LogP contribution in [-0.4, -0.2) is 11.4 Å². The number of nitrogens with zero attached hydrogens (tertiary/aromatic N) is 1. The Morgan fingerprint density at radius 2 is 2.00 bits per heavy atom. The molecule has 3 nitrogen and oxygen atoms in total. The minimum atomic E-state index is 0.661. The maximum Gasteiger partial charge on any atom is 0.150 e. The molecular formula is C11H8INO2. The molecule has 4 heteroatoms. The number of hydrogen-bond acceptors (Lipinski definition) is 3. The summed E-state index contributed by atoms with van der Waals surface area (Å²) < 4.78 is 6.09. The van der Waals surface area contributed by atoms with Crippen LogP contribution >= 0.6 is 22.6 Å². The van der Waals surface area contributed by atoms with E-state index >= 15 is 0 Å². The van der Waals surface area contributed by atoms with Crippen LogP contribution in [0.2, 0.25) is 0 Å². The normalized spacial score (nSPS) is 10.3. The lowest BCUT2D eigenvalue weighted by atomic mass is 10.1. The Hall–Kier alpha value is -1.17. The summed E-state index contributed by atoms with van der Waals surface area (Å²) in [7, 11) is 0. The lowest BCUT2D eigenvalue weighted by Gasteiger charge is -1.96. The van der Waals surface area contributed by atoms with Gasteiger partial charge in [0, 0.05) is 11.1 Å². The number of carbonyl (C=O) groups excluding carboxylic acids is 1. The van der Waals surface area contributed by atoms with Crippen molar-refractivity contribution >= 4 is 28.9 Å². The molecule has 0 spiro atoms. The van der Waals surface area contributed by atoms with Crippen LogP contribution in [0.4, 0.5) is 0 Å². The maximum absolute atomic E-state index is 10.5. The van der Waals surface area contributed by atoms with Crippen molar-refractivity contribution in [3.8, 4) is 11.3 Å². The molecule has 0 radical (unpaired) electrons. The smallest absolute Gasteiger partial charge is 0.150 e. The molecule has 0 aliphatic rings. The second-order valence-corrected chi connectivity index (χ2v) is 4.22. The second kappa shape index (κ2) is 4.14. The van der Waals surface area contributed by atoms with Crippen LogP contribution < -0.4 is 0 Å². The molecule has 0 unspecified atom stereocenters. The highest BCUT2D eigenvalue weighted by molar-refractivity contribution is 14.1. The molecule has 2 rings (SSSR count). The first-order valence-electron chi connectivity index (χ1n) is 4.40. The van der Waals surface area contributed by atoms with Gasteiger partial charge in [0.2, 0.25) is 0 Å². The Balaban J connectivity index is 2.45. The van der Waals surface area contributed by atoms with Gasteiger partial charge in [0.15, 0.2) is 0 Å². The van der Waals surface area contributed by atoms with Gasteiger partial charge in [-0.3, -0.25) is 4.79 Å². The van der Waals surface area contributed by atoms with Crippen molar-refractivity contribution in [1.29, 1.82) is 0 Å². The molecule has 0 saturated carbocycles. The first kappa shape index (κ1) is 10.4. The van der Waals surface area contributed by atoms with E-state index in [-0.39, 0.29) is 0 Å². The van der Waals surface area contributed by atoms with E-state index in [0.717, 1.165) is 26.9 Å². The van der Waals surface area contributed by atoms with E-state index in [4.69, 9.17) is 4.52 Å². The summed E-state index contributed by atoms with van der Waals surface area (Å²) in [5.74, 6) is 0.810. The largest absolute Gasteiger partial charge is 0.360 e. The zero-order valence-corrected chi connectivity index (χ0v) is 10.2. The summed E-state index contributed by atoms with van der Waals surface area (Å²) >= 11 is 2.20. The molecule has 0 aliphatic heterocycles. The summed E-state index contributed by atoms with van der Waals surface area (Å²) in [6.45, 7) is 1.87. The van der Waals surface area contributed by atoms with Crippen LogP contribution in [0.25, 0.3) is 11.3 Å². The number of aldehydes is 1. The van der Waals surface area contributed by atoms with Crippen LogP contribution in [0.15, 0.2) is 28.8 Å². The molecule has 0 fully saturated rings. The number of halogens is 1. The van der Waals surface area contributed by atoms with E-state index < -0.39 is 0 Å². The Kier molecular flexibility index (Phi) is 2.86. The van der Waals surface area contributed by atoms with Crippen molar-refractivity contribution in [2.75, 3.05) is 0 Å². The van der Waals surface area contributed by atoms with Gasteiger partial charge in [-0.25, -0.2) is 0 Å². The maximum atomic E-state index is 10.5. The first-order valence-corrected chi connectivity index (χ1v) is 5.47. The number of carbonyl (C=O) groups is 1. The molecule has 1 aromatic carbocycles.